The van der Waals surface area contributed by atoms with Crippen LogP contribution in [0.25, 0.3) is 6.08 Å². The van der Waals surface area contributed by atoms with E-state index in [4.69, 9.17) is 11.6 Å². The largest absolute Gasteiger partial charge is 0.366 e. The van der Waals surface area contributed by atoms with Crippen LogP contribution in [0.5, 0.6) is 0 Å². The SMILES string of the molecule is CCCN1c2cc(C)c(/C=C3/NC(=O)N(Cc4ccc(Cl)cc4)C3=O)cc2C(C)CC1(C)C. The maximum absolute atomic E-state index is 13.0. The van der Waals surface area contributed by atoms with Gasteiger partial charge in [0, 0.05) is 22.8 Å². The molecular weight excluding hydrogens is 434 g/mol. The van der Waals surface area contributed by atoms with Crippen molar-refractivity contribution in [1.82, 2.24) is 10.2 Å². The molecule has 174 valence electrons. The molecule has 1 fully saturated rings. The summed E-state index contributed by atoms with van der Waals surface area (Å²) in [7, 11) is 0. The zero-order chi connectivity index (χ0) is 23.9. The number of rotatable bonds is 5. The summed E-state index contributed by atoms with van der Waals surface area (Å²) in [5.74, 6) is 0.102. The lowest BCUT2D eigenvalue weighted by Gasteiger charge is -2.48. The van der Waals surface area contributed by atoms with E-state index in [0.717, 1.165) is 36.1 Å². The van der Waals surface area contributed by atoms with Gasteiger partial charge < -0.3 is 10.2 Å². The Kier molecular flexibility index (Phi) is 6.28. The minimum absolute atomic E-state index is 0.104. The number of halogens is 1. The van der Waals surface area contributed by atoms with Crippen LogP contribution in [-0.2, 0) is 11.3 Å². The van der Waals surface area contributed by atoms with Gasteiger partial charge in [0.25, 0.3) is 5.91 Å². The summed E-state index contributed by atoms with van der Waals surface area (Å²) in [5.41, 5.74) is 5.90. The van der Waals surface area contributed by atoms with Crippen LogP contribution in [0.1, 0.15) is 68.7 Å². The van der Waals surface area contributed by atoms with Gasteiger partial charge in [0.05, 0.1) is 6.54 Å². The number of nitrogens with one attached hydrogen (secondary N) is 1. The summed E-state index contributed by atoms with van der Waals surface area (Å²) in [6.07, 6.45) is 3.98. The first-order valence-corrected chi connectivity index (χ1v) is 12.0. The number of aryl methyl sites for hydroxylation is 1. The highest BCUT2D eigenvalue weighted by atomic mass is 35.5. The minimum atomic E-state index is -0.402. The van der Waals surface area contributed by atoms with Gasteiger partial charge in [-0.15, -0.1) is 0 Å². The Morgan fingerprint density at radius 1 is 1.18 bits per heavy atom. The Balaban J connectivity index is 1.64. The maximum atomic E-state index is 13.0. The maximum Gasteiger partial charge on any atom is 0.329 e. The molecule has 0 saturated carbocycles. The lowest BCUT2D eigenvalue weighted by molar-refractivity contribution is -0.123. The molecule has 6 heteroatoms. The molecule has 0 aromatic heterocycles. The number of fused-ring (bicyclic) bond motifs is 1. The fourth-order valence-corrected chi connectivity index (χ4v) is 5.22. The zero-order valence-electron chi connectivity index (χ0n) is 20.0. The average molecular weight is 466 g/mol. The second-order valence-corrected chi connectivity index (χ2v) is 10.3. The van der Waals surface area contributed by atoms with E-state index in [1.165, 1.54) is 16.2 Å². The first-order chi connectivity index (χ1) is 15.6. The number of carbonyl (C=O) groups excluding carboxylic acids is 2. The van der Waals surface area contributed by atoms with Crippen molar-refractivity contribution in [2.75, 3.05) is 11.4 Å². The number of urea groups is 1. The van der Waals surface area contributed by atoms with Gasteiger partial charge in [-0.2, -0.15) is 0 Å². The molecule has 1 N–H and O–H groups in total. The monoisotopic (exact) mass is 465 g/mol. The van der Waals surface area contributed by atoms with Crippen molar-refractivity contribution in [3.05, 3.63) is 69.4 Å². The minimum Gasteiger partial charge on any atom is -0.366 e. The van der Waals surface area contributed by atoms with Crippen LogP contribution in [0.2, 0.25) is 5.02 Å². The predicted molar refractivity (Wildman–Crippen MR) is 134 cm³/mol. The highest BCUT2D eigenvalue weighted by Gasteiger charge is 2.37. The van der Waals surface area contributed by atoms with Gasteiger partial charge in [0.2, 0.25) is 0 Å². The number of carbonyl (C=O) groups is 2. The molecule has 2 aliphatic heterocycles. The lowest BCUT2D eigenvalue weighted by atomic mass is 9.79. The smallest absolute Gasteiger partial charge is 0.329 e. The Hall–Kier alpha value is -2.79. The number of hydrogen-bond donors (Lipinski definition) is 1. The van der Waals surface area contributed by atoms with Crippen molar-refractivity contribution in [2.45, 2.75) is 65.5 Å². The van der Waals surface area contributed by atoms with Gasteiger partial charge in [0.15, 0.2) is 0 Å². The van der Waals surface area contributed by atoms with Gasteiger partial charge in [-0.25, -0.2) is 4.79 Å². The van der Waals surface area contributed by atoms with Gasteiger partial charge in [0.1, 0.15) is 5.70 Å². The molecule has 2 aromatic rings. The third-order valence-electron chi connectivity index (χ3n) is 6.74. The molecule has 3 amide bonds. The molecule has 1 unspecified atom stereocenters. The van der Waals surface area contributed by atoms with E-state index in [-0.39, 0.29) is 18.0 Å². The van der Waals surface area contributed by atoms with Crippen LogP contribution in [0.3, 0.4) is 0 Å². The van der Waals surface area contributed by atoms with E-state index in [2.05, 4.69) is 57.0 Å². The molecular formula is C27H32ClN3O2. The number of anilines is 1. The van der Waals surface area contributed by atoms with Gasteiger partial charge in [-0.1, -0.05) is 37.6 Å². The summed E-state index contributed by atoms with van der Waals surface area (Å²) in [6, 6.07) is 11.2. The molecule has 0 radical (unpaired) electrons. The first kappa shape index (κ1) is 23.4. The van der Waals surface area contributed by atoms with E-state index in [9.17, 15) is 9.59 Å². The van der Waals surface area contributed by atoms with E-state index in [1.54, 1.807) is 12.1 Å². The molecule has 1 atom stereocenters. The van der Waals surface area contributed by atoms with Crippen LogP contribution in [-0.4, -0.2) is 28.9 Å². The topological polar surface area (TPSA) is 52.7 Å². The number of nitrogens with zero attached hydrogens (tertiary/aromatic N) is 2. The van der Waals surface area contributed by atoms with Gasteiger partial charge in [-0.05, 0) is 92.1 Å². The van der Waals surface area contributed by atoms with E-state index in [0.29, 0.717) is 16.6 Å². The Labute approximate surface area is 201 Å². The van der Waals surface area contributed by atoms with Crippen molar-refractivity contribution in [3.63, 3.8) is 0 Å². The van der Waals surface area contributed by atoms with Crippen molar-refractivity contribution in [2.24, 2.45) is 0 Å². The van der Waals surface area contributed by atoms with E-state index < -0.39 is 6.03 Å². The summed E-state index contributed by atoms with van der Waals surface area (Å²) in [6.45, 7) is 12.4. The molecule has 4 rings (SSSR count). The molecule has 0 spiro atoms. The lowest BCUT2D eigenvalue weighted by Crippen LogP contribution is -2.48. The fraction of sp³-hybridized carbons (Fsp3) is 0.407. The molecule has 0 aliphatic carbocycles. The quantitative estimate of drug-likeness (QED) is 0.419. The standard InChI is InChI=1S/C27H32ClN3O2/c1-6-11-31-24-12-17(2)20(13-22(24)18(3)15-27(31,4)5)14-23-25(32)30(26(33)29-23)16-19-7-9-21(28)10-8-19/h7-10,12-14,18H,6,11,15-16H2,1-5H3,(H,29,33)/b23-14+. The van der Waals surface area contributed by atoms with Crippen molar-refractivity contribution in [1.29, 1.82) is 0 Å². The van der Waals surface area contributed by atoms with Crippen molar-refractivity contribution in [3.8, 4) is 0 Å². The predicted octanol–water partition coefficient (Wildman–Crippen LogP) is 6.24. The van der Waals surface area contributed by atoms with Crippen LogP contribution < -0.4 is 10.2 Å². The molecule has 1 saturated heterocycles. The third-order valence-corrected chi connectivity index (χ3v) is 6.99. The van der Waals surface area contributed by atoms with Crippen LogP contribution >= 0.6 is 11.6 Å². The molecule has 0 bridgehead atoms. The molecule has 2 aromatic carbocycles. The molecule has 2 aliphatic rings. The number of amides is 3. The van der Waals surface area contributed by atoms with Gasteiger partial charge in [-0.3, -0.25) is 9.69 Å². The van der Waals surface area contributed by atoms with Crippen molar-refractivity contribution < 1.29 is 9.59 Å². The molecule has 33 heavy (non-hydrogen) atoms. The van der Waals surface area contributed by atoms with E-state index in [1.807, 2.05) is 18.2 Å². The number of hydrogen-bond acceptors (Lipinski definition) is 3. The van der Waals surface area contributed by atoms with Crippen molar-refractivity contribution >= 4 is 35.3 Å². The highest BCUT2D eigenvalue weighted by molar-refractivity contribution is 6.30. The van der Waals surface area contributed by atoms with Crippen LogP contribution in [0.15, 0.2) is 42.1 Å². The van der Waals surface area contributed by atoms with Crippen LogP contribution in [0.4, 0.5) is 10.5 Å². The summed E-state index contributed by atoms with van der Waals surface area (Å²) < 4.78 is 0. The average Bonchev–Trinajstić information content (AvgIpc) is 3.00. The number of benzene rings is 2. The Morgan fingerprint density at radius 3 is 2.55 bits per heavy atom. The summed E-state index contributed by atoms with van der Waals surface area (Å²) in [5, 5.41) is 3.38. The number of imide groups is 1. The zero-order valence-corrected chi connectivity index (χ0v) is 20.8. The first-order valence-electron chi connectivity index (χ1n) is 11.6. The second-order valence-electron chi connectivity index (χ2n) is 9.84. The van der Waals surface area contributed by atoms with E-state index >= 15 is 0 Å². The highest BCUT2D eigenvalue weighted by Crippen LogP contribution is 2.44. The molecule has 2 heterocycles. The Morgan fingerprint density at radius 2 is 1.88 bits per heavy atom. The third kappa shape index (κ3) is 4.51. The van der Waals surface area contributed by atoms with Crippen LogP contribution in [0, 0.1) is 6.92 Å². The second kappa shape index (κ2) is 8.86. The van der Waals surface area contributed by atoms with Gasteiger partial charge >= 0.3 is 6.03 Å². The molecule has 5 nitrogen and oxygen atoms in total. The summed E-state index contributed by atoms with van der Waals surface area (Å²) in [4.78, 5) is 29.3. The summed E-state index contributed by atoms with van der Waals surface area (Å²) >= 11 is 5.94. The normalized spacial score (nSPS) is 20.9. The Bertz CT molecular complexity index is 1120. The fourth-order valence-electron chi connectivity index (χ4n) is 5.10.